The van der Waals surface area contributed by atoms with Gasteiger partial charge in [-0.15, -0.1) is 0 Å². The van der Waals surface area contributed by atoms with Crippen LogP contribution in [0.25, 0.3) is 0 Å². The van der Waals surface area contributed by atoms with Crippen LogP contribution in [0.5, 0.6) is 0 Å². The summed E-state index contributed by atoms with van der Waals surface area (Å²) in [5.41, 5.74) is 0.0916. The van der Waals surface area contributed by atoms with Crippen LogP contribution in [0, 0.1) is 17.3 Å². The average molecular weight is 402 g/mol. The Hall–Kier alpha value is -1.44. The third-order valence-electron chi connectivity index (χ3n) is 9.35. The highest BCUT2D eigenvalue weighted by atomic mass is 16.8. The quantitative estimate of drug-likeness (QED) is 0.513. The molecular weight excluding hydrogens is 376 g/mol. The van der Waals surface area contributed by atoms with Crippen molar-refractivity contribution in [1.29, 1.82) is 0 Å². The monoisotopic (exact) mass is 402 g/mol. The third kappa shape index (κ3) is 1.52. The number of esters is 2. The van der Waals surface area contributed by atoms with Gasteiger partial charge in [0.15, 0.2) is 11.7 Å². The fraction of sp³-hybridized carbons (Fsp3) is 0.818. The SMILES string of the molecule is CC(=O)O[C@@H]1[C@@]2(C(C)C)O[C@H]2[C@@H]2O[C@]23[C@]12O[C@H]2C[C@H]1C2=C(CC[C@@]13C)C(=O)OC2. The second-order valence-corrected chi connectivity index (χ2v) is 10.5. The lowest BCUT2D eigenvalue weighted by molar-refractivity contribution is -0.166. The molecule has 7 rings (SSSR count). The van der Waals surface area contributed by atoms with Gasteiger partial charge < -0.3 is 23.7 Å². The maximum absolute atomic E-state index is 12.2. The number of carbonyl (C=O) groups is 2. The van der Waals surface area contributed by atoms with Gasteiger partial charge in [-0.3, -0.25) is 4.79 Å². The summed E-state index contributed by atoms with van der Waals surface area (Å²) >= 11 is 0. The molecule has 0 aromatic rings. The molecule has 0 bridgehead atoms. The maximum atomic E-state index is 12.2. The molecule has 2 spiro atoms. The van der Waals surface area contributed by atoms with Gasteiger partial charge in [-0.05, 0) is 36.7 Å². The van der Waals surface area contributed by atoms with E-state index >= 15 is 0 Å². The lowest BCUT2D eigenvalue weighted by atomic mass is 9.46. The normalized spacial score (nSPS) is 57.6. The third-order valence-corrected chi connectivity index (χ3v) is 9.35. The number of hydrogen-bond acceptors (Lipinski definition) is 7. The van der Waals surface area contributed by atoms with Crippen molar-refractivity contribution in [2.45, 2.75) is 88.2 Å². The van der Waals surface area contributed by atoms with Crippen LogP contribution in [0.3, 0.4) is 0 Å². The largest absolute Gasteiger partial charge is 0.458 e. The molecule has 7 nitrogen and oxygen atoms in total. The van der Waals surface area contributed by atoms with E-state index in [0.29, 0.717) is 13.0 Å². The standard InChI is InChI=1S/C22H26O7/c1-9(2)20-15(28-20)16-22(29-16)19(4)6-5-11-12(8-25-17(11)24)13(19)7-14-21(22,27-14)18(20)26-10(3)23/h9,13-16,18H,5-8H2,1-4H3/t13-,14-,15-,16-,18+,19-,20-,21+,22+/m0/s1. The van der Waals surface area contributed by atoms with Crippen molar-refractivity contribution in [2.24, 2.45) is 17.3 Å². The van der Waals surface area contributed by atoms with E-state index in [1.165, 1.54) is 6.92 Å². The van der Waals surface area contributed by atoms with E-state index in [1.807, 2.05) is 0 Å². The zero-order valence-electron chi connectivity index (χ0n) is 17.2. The van der Waals surface area contributed by atoms with Crippen molar-refractivity contribution in [1.82, 2.24) is 0 Å². The molecule has 3 saturated heterocycles. The molecule has 7 aliphatic rings. The fourth-order valence-corrected chi connectivity index (χ4v) is 8.01. The number of ether oxygens (including phenoxy) is 5. The van der Waals surface area contributed by atoms with Crippen molar-refractivity contribution < 1.29 is 33.3 Å². The van der Waals surface area contributed by atoms with Crippen LogP contribution < -0.4 is 0 Å². The van der Waals surface area contributed by atoms with Gasteiger partial charge in [0.1, 0.15) is 30.0 Å². The first-order valence-electron chi connectivity index (χ1n) is 10.8. The summed E-state index contributed by atoms with van der Waals surface area (Å²) in [6.07, 6.45) is 1.71. The smallest absolute Gasteiger partial charge is 0.334 e. The molecule has 4 aliphatic heterocycles. The highest BCUT2D eigenvalue weighted by Gasteiger charge is 3.01. The topological polar surface area (TPSA) is 90.2 Å². The van der Waals surface area contributed by atoms with Gasteiger partial charge in [-0.25, -0.2) is 4.79 Å². The number of rotatable bonds is 2. The molecule has 0 aromatic carbocycles. The average Bonchev–Trinajstić information content (AvgIpc) is 3.53. The first-order valence-corrected chi connectivity index (χ1v) is 10.8. The van der Waals surface area contributed by atoms with Gasteiger partial charge in [-0.1, -0.05) is 20.8 Å². The first kappa shape index (κ1) is 17.3. The summed E-state index contributed by atoms with van der Waals surface area (Å²) < 4.78 is 30.8. The maximum Gasteiger partial charge on any atom is 0.334 e. The van der Waals surface area contributed by atoms with Crippen molar-refractivity contribution in [3.63, 3.8) is 0 Å². The van der Waals surface area contributed by atoms with E-state index in [1.54, 1.807) is 0 Å². The Balaban J connectivity index is 1.38. The van der Waals surface area contributed by atoms with E-state index in [2.05, 4.69) is 20.8 Å². The van der Waals surface area contributed by atoms with Crippen LogP contribution in [0.1, 0.15) is 47.0 Å². The first-order chi connectivity index (χ1) is 13.7. The number of cyclic esters (lactones) is 1. The number of carbonyl (C=O) groups excluding carboxylic acids is 2. The zero-order chi connectivity index (χ0) is 20.1. The minimum atomic E-state index is -0.645. The minimum Gasteiger partial charge on any atom is -0.458 e. The van der Waals surface area contributed by atoms with Gasteiger partial charge in [0.2, 0.25) is 0 Å². The Kier molecular flexibility index (Phi) is 2.73. The van der Waals surface area contributed by atoms with Crippen LogP contribution in [-0.4, -0.2) is 59.8 Å². The van der Waals surface area contributed by atoms with E-state index in [9.17, 15) is 9.59 Å². The molecule has 5 fully saturated rings. The molecule has 9 atom stereocenters. The summed E-state index contributed by atoms with van der Waals surface area (Å²) in [5, 5.41) is 0. The lowest BCUT2D eigenvalue weighted by Gasteiger charge is -2.53. The molecule has 0 unspecified atom stereocenters. The summed E-state index contributed by atoms with van der Waals surface area (Å²) in [6, 6.07) is 0. The summed E-state index contributed by atoms with van der Waals surface area (Å²) in [7, 11) is 0. The Labute approximate surface area is 169 Å². The second kappa shape index (κ2) is 4.58. The molecular formula is C22H26O7. The van der Waals surface area contributed by atoms with Crippen LogP contribution >= 0.6 is 0 Å². The highest BCUT2D eigenvalue weighted by molar-refractivity contribution is 5.92. The molecule has 29 heavy (non-hydrogen) atoms. The molecule has 0 aromatic heterocycles. The van der Waals surface area contributed by atoms with E-state index in [-0.39, 0.29) is 47.5 Å². The van der Waals surface area contributed by atoms with Crippen molar-refractivity contribution >= 4 is 11.9 Å². The van der Waals surface area contributed by atoms with E-state index < -0.39 is 22.9 Å². The fourth-order valence-electron chi connectivity index (χ4n) is 8.01. The van der Waals surface area contributed by atoms with Crippen molar-refractivity contribution in [2.75, 3.05) is 6.61 Å². The molecule has 0 radical (unpaired) electrons. The minimum absolute atomic E-state index is 0.0466. The predicted octanol–water partition coefficient (Wildman–Crippen LogP) is 1.67. The van der Waals surface area contributed by atoms with Crippen LogP contribution in [-0.2, 0) is 33.3 Å². The van der Waals surface area contributed by atoms with Crippen LogP contribution in [0.15, 0.2) is 11.1 Å². The molecule has 7 heteroatoms. The van der Waals surface area contributed by atoms with Crippen molar-refractivity contribution in [3.05, 3.63) is 11.1 Å². The molecule has 0 N–H and O–H groups in total. The van der Waals surface area contributed by atoms with Gasteiger partial charge in [-0.2, -0.15) is 0 Å². The summed E-state index contributed by atoms with van der Waals surface area (Å²) in [4.78, 5) is 24.3. The van der Waals surface area contributed by atoms with Crippen LogP contribution in [0.4, 0.5) is 0 Å². The molecule has 0 amide bonds. The number of hydrogen-bond donors (Lipinski definition) is 0. The van der Waals surface area contributed by atoms with E-state index in [0.717, 1.165) is 24.0 Å². The van der Waals surface area contributed by atoms with Gasteiger partial charge in [0.25, 0.3) is 0 Å². The highest BCUT2D eigenvalue weighted by Crippen LogP contribution is 2.83. The molecule has 2 saturated carbocycles. The Morgan fingerprint density at radius 2 is 2.00 bits per heavy atom. The number of epoxide rings is 3. The van der Waals surface area contributed by atoms with Crippen LogP contribution in [0.2, 0.25) is 0 Å². The van der Waals surface area contributed by atoms with Gasteiger partial charge in [0, 0.05) is 17.9 Å². The Bertz CT molecular complexity index is 924. The van der Waals surface area contributed by atoms with Crippen molar-refractivity contribution in [3.8, 4) is 0 Å². The number of fused-ring (bicyclic) bond motifs is 4. The van der Waals surface area contributed by atoms with Gasteiger partial charge >= 0.3 is 11.9 Å². The molecule has 4 heterocycles. The summed E-state index contributed by atoms with van der Waals surface area (Å²) in [6.45, 7) is 8.36. The Morgan fingerprint density at radius 1 is 1.21 bits per heavy atom. The summed E-state index contributed by atoms with van der Waals surface area (Å²) in [5.74, 6) is -0.0954. The molecule has 3 aliphatic carbocycles. The Morgan fingerprint density at radius 3 is 2.72 bits per heavy atom. The second-order valence-electron chi connectivity index (χ2n) is 10.5. The van der Waals surface area contributed by atoms with Gasteiger partial charge in [0.05, 0.1) is 6.10 Å². The van der Waals surface area contributed by atoms with E-state index in [4.69, 9.17) is 23.7 Å². The molecule has 156 valence electrons. The predicted molar refractivity (Wildman–Crippen MR) is 96.6 cm³/mol. The zero-order valence-corrected chi connectivity index (χ0v) is 17.2. The lowest BCUT2D eigenvalue weighted by Crippen LogP contribution is -2.70.